The van der Waals surface area contributed by atoms with Gasteiger partial charge in [-0.1, -0.05) is 27.7 Å². The van der Waals surface area contributed by atoms with Crippen LogP contribution >= 0.6 is 0 Å². The molecule has 2 rings (SSSR count). The van der Waals surface area contributed by atoms with E-state index in [1.165, 1.54) is 0 Å². The summed E-state index contributed by atoms with van der Waals surface area (Å²) in [5.74, 6) is 1.59. The minimum atomic E-state index is 0.209. The highest BCUT2D eigenvalue weighted by Crippen LogP contribution is 2.69. The van der Waals surface area contributed by atoms with E-state index in [2.05, 4.69) is 27.7 Å². The third-order valence-corrected chi connectivity index (χ3v) is 4.58. The highest BCUT2D eigenvalue weighted by molar-refractivity contribution is 5.17. The van der Waals surface area contributed by atoms with Crippen LogP contribution in [-0.2, 0) is 6.42 Å². The number of hydrogen-bond acceptors (Lipinski definition) is 2. The van der Waals surface area contributed by atoms with Crippen molar-refractivity contribution in [3.63, 3.8) is 0 Å². The summed E-state index contributed by atoms with van der Waals surface area (Å²) in [5, 5.41) is 0. The first-order chi connectivity index (χ1) is 6.87. The van der Waals surface area contributed by atoms with Crippen LogP contribution in [0.25, 0.3) is 0 Å². The van der Waals surface area contributed by atoms with E-state index in [1.807, 2.05) is 12.1 Å². The summed E-state index contributed by atoms with van der Waals surface area (Å²) >= 11 is 0. The summed E-state index contributed by atoms with van der Waals surface area (Å²) in [4.78, 5) is 0. The van der Waals surface area contributed by atoms with E-state index >= 15 is 0 Å². The van der Waals surface area contributed by atoms with E-state index in [4.69, 9.17) is 10.2 Å². The lowest BCUT2D eigenvalue weighted by atomic mass is 10.0. The maximum Gasteiger partial charge on any atom is 0.105 e. The lowest BCUT2D eigenvalue weighted by Gasteiger charge is -2.11. The van der Waals surface area contributed by atoms with E-state index in [0.717, 1.165) is 12.2 Å². The average molecular weight is 207 g/mol. The van der Waals surface area contributed by atoms with Gasteiger partial charge in [-0.05, 0) is 28.9 Å². The largest absolute Gasteiger partial charge is 0.469 e. The van der Waals surface area contributed by atoms with Gasteiger partial charge >= 0.3 is 0 Å². The lowest BCUT2D eigenvalue weighted by molar-refractivity contribution is 0.428. The molecule has 1 heterocycles. The van der Waals surface area contributed by atoms with E-state index in [9.17, 15) is 0 Å². The Hall–Kier alpha value is -0.760. The van der Waals surface area contributed by atoms with Crippen molar-refractivity contribution in [1.29, 1.82) is 0 Å². The predicted octanol–water partition coefficient (Wildman–Crippen LogP) is 2.83. The molecule has 1 saturated carbocycles. The van der Waals surface area contributed by atoms with Crippen molar-refractivity contribution in [2.24, 2.45) is 22.5 Å². The summed E-state index contributed by atoms with van der Waals surface area (Å²) < 4.78 is 5.34. The number of hydrogen-bond donors (Lipinski definition) is 1. The van der Waals surface area contributed by atoms with Crippen LogP contribution in [-0.4, -0.2) is 6.04 Å². The quantitative estimate of drug-likeness (QED) is 0.827. The van der Waals surface area contributed by atoms with Crippen molar-refractivity contribution in [2.75, 3.05) is 0 Å². The van der Waals surface area contributed by atoms with Gasteiger partial charge in [0.1, 0.15) is 5.76 Å². The SMILES string of the molecule is CC1(C)C(C(N)Cc2ccco2)C1(C)C. The maximum atomic E-state index is 6.26. The fourth-order valence-corrected chi connectivity index (χ4v) is 3.10. The molecule has 1 aromatic rings. The average Bonchev–Trinajstić information content (AvgIpc) is 2.53. The molecule has 84 valence electrons. The van der Waals surface area contributed by atoms with Crippen LogP contribution in [0.4, 0.5) is 0 Å². The molecule has 2 N–H and O–H groups in total. The molecule has 0 amide bonds. The summed E-state index contributed by atoms with van der Waals surface area (Å²) in [5.41, 5.74) is 6.98. The first-order valence-electron chi connectivity index (χ1n) is 5.65. The van der Waals surface area contributed by atoms with Crippen LogP contribution < -0.4 is 5.73 Å². The molecule has 1 unspecified atom stereocenters. The molecule has 1 aromatic heterocycles. The second-order valence-corrected chi connectivity index (χ2v) is 5.87. The van der Waals surface area contributed by atoms with E-state index in [0.29, 0.717) is 16.7 Å². The Morgan fingerprint density at radius 1 is 1.33 bits per heavy atom. The van der Waals surface area contributed by atoms with E-state index in [-0.39, 0.29) is 6.04 Å². The molecule has 0 bridgehead atoms. The molecule has 2 heteroatoms. The van der Waals surface area contributed by atoms with Crippen molar-refractivity contribution in [1.82, 2.24) is 0 Å². The highest BCUT2D eigenvalue weighted by atomic mass is 16.3. The predicted molar refractivity (Wildman–Crippen MR) is 61.4 cm³/mol. The summed E-state index contributed by atoms with van der Waals surface area (Å²) in [7, 11) is 0. The first-order valence-corrected chi connectivity index (χ1v) is 5.65. The van der Waals surface area contributed by atoms with Crippen molar-refractivity contribution < 1.29 is 4.42 Å². The fourth-order valence-electron chi connectivity index (χ4n) is 3.10. The van der Waals surface area contributed by atoms with Crippen LogP contribution in [0.1, 0.15) is 33.5 Å². The van der Waals surface area contributed by atoms with Gasteiger partial charge in [0.15, 0.2) is 0 Å². The second-order valence-electron chi connectivity index (χ2n) is 5.87. The molecule has 0 aliphatic heterocycles. The summed E-state index contributed by atoms with van der Waals surface area (Å²) in [6.07, 6.45) is 2.57. The minimum Gasteiger partial charge on any atom is -0.469 e. The molecule has 2 nitrogen and oxygen atoms in total. The lowest BCUT2D eigenvalue weighted by Crippen LogP contribution is -2.28. The van der Waals surface area contributed by atoms with Crippen LogP contribution in [0.15, 0.2) is 22.8 Å². The molecule has 0 saturated heterocycles. The monoisotopic (exact) mass is 207 g/mol. The van der Waals surface area contributed by atoms with Crippen LogP contribution in [0.5, 0.6) is 0 Å². The zero-order valence-corrected chi connectivity index (χ0v) is 10.1. The first kappa shape index (κ1) is 10.7. The highest BCUT2D eigenvalue weighted by Gasteiger charge is 2.66. The number of nitrogens with two attached hydrogens (primary N) is 1. The zero-order chi connectivity index (χ0) is 11.3. The van der Waals surface area contributed by atoms with Gasteiger partial charge in [-0.3, -0.25) is 0 Å². The van der Waals surface area contributed by atoms with Gasteiger partial charge in [0.25, 0.3) is 0 Å². The van der Waals surface area contributed by atoms with E-state index in [1.54, 1.807) is 6.26 Å². The fraction of sp³-hybridized carbons (Fsp3) is 0.692. The Morgan fingerprint density at radius 3 is 2.33 bits per heavy atom. The van der Waals surface area contributed by atoms with Crippen LogP contribution in [0.2, 0.25) is 0 Å². The van der Waals surface area contributed by atoms with Gasteiger partial charge in [0.05, 0.1) is 6.26 Å². The van der Waals surface area contributed by atoms with Gasteiger partial charge < -0.3 is 10.2 Å². The zero-order valence-electron chi connectivity index (χ0n) is 10.1. The topological polar surface area (TPSA) is 39.2 Å². The van der Waals surface area contributed by atoms with Gasteiger partial charge in [-0.15, -0.1) is 0 Å². The maximum absolute atomic E-state index is 6.26. The van der Waals surface area contributed by atoms with Gasteiger partial charge in [-0.2, -0.15) is 0 Å². The Labute approximate surface area is 91.8 Å². The molecular formula is C13H21NO. The molecule has 15 heavy (non-hydrogen) atoms. The van der Waals surface area contributed by atoms with E-state index < -0.39 is 0 Å². The molecular weight excluding hydrogens is 186 g/mol. The minimum absolute atomic E-state index is 0.209. The van der Waals surface area contributed by atoms with Crippen LogP contribution in [0.3, 0.4) is 0 Å². The van der Waals surface area contributed by atoms with Gasteiger partial charge in [0.2, 0.25) is 0 Å². The van der Waals surface area contributed by atoms with Crippen molar-refractivity contribution in [3.8, 4) is 0 Å². The Balaban J connectivity index is 2.02. The van der Waals surface area contributed by atoms with Crippen molar-refractivity contribution >= 4 is 0 Å². The molecule has 0 spiro atoms. The second kappa shape index (κ2) is 3.11. The van der Waals surface area contributed by atoms with Crippen LogP contribution in [0, 0.1) is 16.7 Å². The summed E-state index contributed by atoms with van der Waals surface area (Å²) in [6, 6.07) is 4.13. The van der Waals surface area contributed by atoms with Crippen molar-refractivity contribution in [2.45, 2.75) is 40.2 Å². The molecule has 1 aliphatic rings. The molecule has 1 fully saturated rings. The standard InChI is InChI=1S/C13H21NO/c1-12(2)11(13(12,3)4)10(14)8-9-6-5-7-15-9/h5-7,10-11H,8,14H2,1-4H3. The molecule has 1 atom stereocenters. The van der Waals surface area contributed by atoms with Gasteiger partial charge in [0, 0.05) is 12.5 Å². The molecule has 0 radical (unpaired) electrons. The normalized spacial score (nSPS) is 25.1. The number of rotatable bonds is 3. The summed E-state index contributed by atoms with van der Waals surface area (Å²) in [6.45, 7) is 9.22. The smallest absolute Gasteiger partial charge is 0.105 e. The molecule has 0 aromatic carbocycles. The van der Waals surface area contributed by atoms with Gasteiger partial charge in [-0.25, -0.2) is 0 Å². The third kappa shape index (κ3) is 1.51. The Kier molecular flexibility index (Phi) is 2.23. The Morgan fingerprint density at radius 2 is 1.93 bits per heavy atom. The third-order valence-electron chi connectivity index (χ3n) is 4.58. The molecule has 1 aliphatic carbocycles. The van der Waals surface area contributed by atoms with Crippen molar-refractivity contribution in [3.05, 3.63) is 24.2 Å². The Bertz CT molecular complexity index is 323. The number of furan rings is 1.